The van der Waals surface area contributed by atoms with E-state index < -0.39 is 0 Å². The summed E-state index contributed by atoms with van der Waals surface area (Å²) in [6.07, 6.45) is 8.16. The first-order chi connectivity index (χ1) is 9.69. The summed E-state index contributed by atoms with van der Waals surface area (Å²) in [5.74, 6) is 1.78. The molecule has 1 aromatic carbocycles. The van der Waals surface area contributed by atoms with E-state index in [-0.39, 0.29) is 0 Å². The molecule has 0 amide bonds. The van der Waals surface area contributed by atoms with Gasteiger partial charge in [-0.1, -0.05) is 63.9 Å². The first kappa shape index (κ1) is 15.6. The molecule has 3 unspecified atom stereocenters. The van der Waals surface area contributed by atoms with Crippen molar-refractivity contribution in [2.45, 2.75) is 71.4 Å². The minimum absolute atomic E-state index is 0.527. The predicted octanol–water partition coefficient (Wildman–Crippen LogP) is 5.33. The molecule has 1 saturated carbocycles. The van der Waals surface area contributed by atoms with Crippen LogP contribution < -0.4 is 5.32 Å². The molecule has 1 heteroatoms. The molecule has 0 bridgehead atoms. The minimum atomic E-state index is 0.527. The minimum Gasteiger partial charge on any atom is -0.307 e. The van der Waals surface area contributed by atoms with Gasteiger partial charge in [0, 0.05) is 12.1 Å². The Labute approximate surface area is 125 Å². The van der Waals surface area contributed by atoms with Crippen LogP contribution in [0.3, 0.4) is 0 Å². The van der Waals surface area contributed by atoms with Gasteiger partial charge in [-0.2, -0.15) is 0 Å². The Bertz CT molecular complexity index is 371. The van der Waals surface area contributed by atoms with Crippen molar-refractivity contribution in [3.8, 4) is 0 Å². The second kappa shape index (κ2) is 7.83. The second-order valence-corrected chi connectivity index (χ2v) is 6.90. The molecule has 1 aliphatic carbocycles. The predicted molar refractivity (Wildman–Crippen MR) is 87.8 cm³/mol. The topological polar surface area (TPSA) is 12.0 Å². The Morgan fingerprint density at radius 2 is 1.90 bits per heavy atom. The molecule has 1 aliphatic rings. The van der Waals surface area contributed by atoms with Crippen LogP contribution in [0, 0.1) is 11.8 Å². The number of hydrogen-bond donors (Lipinski definition) is 1. The van der Waals surface area contributed by atoms with Crippen molar-refractivity contribution in [1.82, 2.24) is 5.32 Å². The van der Waals surface area contributed by atoms with Gasteiger partial charge in [-0.05, 0) is 43.1 Å². The van der Waals surface area contributed by atoms with Gasteiger partial charge in [0.2, 0.25) is 0 Å². The van der Waals surface area contributed by atoms with Crippen molar-refractivity contribution in [2.75, 3.05) is 0 Å². The first-order valence-corrected chi connectivity index (χ1v) is 8.50. The summed E-state index contributed by atoms with van der Waals surface area (Å²) in [7, 11) is 0. The fraction of sp³-hybridized carbons (Fsp3) is 0.684. The summed E-state index contributed by atoms with van der Waals surface area (Å²) in [5.41, 5.74) is 1.45. The van der Waals surface area contributed by atoms with E-state index in [1.807, 2.05) is 0 Å². The van der Waals surface area contributed by atoms with Crippen LogP contribution in [0.1, 0.15) is 70.9 Å². The summed E-state index contributed by atoms with van der Waals surface area (Å²) in [5, 5.41) is 3.93. The van der Waals surface area contributed by atoms with Crippen LogP contribution in [0.25, 0.3) is 0 Å². The molecule has 0 saturated heterocycles. The molecule has 0 heterocycles. The maximum absolute atomic E-state index is 3.93. The maximum Gasteiger partial charge on any atom is 0.0320 e. The van der Waals surface area contributed by atoms with Crippen LogP contribution in [0.5, 0.6) is 0 Å². The lowest BCUT2D eigenvalue weighted by Crippen LogP contribution is -2.37. The number of hydrogen-bond acceptors (Lipinski definition) is 1. The van der Waals surface area contributed by atoms with Gasteiger partial charge in [0.05, 0.1) is 0 Å². The van der Waals surface area contributed by atoms with Crippen LogP contribution in [0.15, 0.2) is 30.3 Å². The number of benzene rings is 1. The van der Waals surface area contributed by atoms with Crippen molar-refractivity contribution in [2.24, 2.45) is 11.8 Å². The highest BCUT2D eigenvalue weighted by molar-refractivity contribution is 5.18. The van der Waals surface area contributed by atoms with Gasteiger partial charge in [0.15, 0.2) is 0 Å². The molecule has 0 aliphatic heterocycles. The molecule has 1 N–H and O–H groups in total. The van der Waals surface area contributed by atoms with Crippen LogP contribution in [-0.2, 0) is 0 Å². The molecule has 1 aromatic rings. The molecule has 112 valence electrons. The average Bonchev–Trinajstić information content (AvgIpc) is 2.45. The summed E-state index contributed by atoms with van der Waals surface area (Å²) in [6.45, 7) is 7.00. The van der Waals surface area contributed by atoms with Gasteiger partial charge in [-0.15, -0.1) is 0 Å². The van der Waals surface area contributed by atoms with Crippen LogP contribution in [-0.4, -0.2) is 6.04 Å². The Morgan fingerprint density at radius 1 is 1.15 bits per heavy atom. The highest BCUT2D eigenvalue weighted by Crippen LogP contribution is 2.31. The lowest BCUT2D eigenvalue weighted by molar-refractivity contribution is 0.238. The molecular weight excluding hydrogens is 242 g/mol. The van der Waals surface area contributed by atoms with Crippen molar-refractivity contribution < 1.29 is 0 Å². The summed E-state index contributed by atoms with van der Waals surface area (Å²) >= 11 is 0. The van der Waals surface area contributed by atoms with Gasteiger partial charge < -0.3 is 5.32 Å². The van der Waals surface area contributed by atoms with Gasteiger partial charge in [-0.3, -0.25) is 0 Å². The fourth-order valence-electron chi connectivity index (χ4n) is 3.74. The van der Waals surface area contributed by atoms with E-state index >= 15 is 0 Å². The van der Waals surface area contributed by atoms with E-state index in [1.54, 1.807) is 0 Å². The lowest BCUT2D eigenvalue weighted by Gasteiger charge is -2.33. The molecule has 20 heavy (non-hydrogen) atoms. The Hall–Kier alpha value is -0.820. The molecule has 2 rings (SSSR count). The molecule has 0 aromatic heterocycles. The van der Waals surface area contributed by atoms with Crippen LogP contribution >= 0.6 is 0 Å². The Morgan fingerprint density at radius 3 is 2.55 bits per heavy atom. The maximum atomic E-state index is 3.93. The van der Waals surface area contributed by atoms with E-state index in [2.05, 4.69) is 56.4 Å². The highest BCUT2D eigenvalue weighted by Gasteiger charge is 2.24. The smallest absolute Gasteiger partial charge is 0.0320 e. The number of rotatable bonds is 6. The van der Waals surface area contributed by atoms with Crippen molar-refractivity contribution in [3.05, 3.63) is 35.9 Å². The molecule has 1 nitrogen and oxygen atoms in total. The van der Waals surface area contributed by atoms with E-state index in [9.17, 15) is 0 Å². The van der Waals surface area contributed by atoms with Gasteiger partial charge in [0.25, 0.3) is 0 Å². The van der Waals surface area contributed by atoms with E-state index in [0.29, 0.717) is 6.04 Å². The Kier molecular flexibility index (Phi) is 6.09. The van der Waals surface area contributed by atoms with Gasteiger partial charge in [0.1, 0.15) is 0 Å². The molecule has 3 atom stereocenters. The van der Waals surface area contributed by atoms with Crippen molar-refractivity contribution in [3.63, 3.8) is 0 Å². The largest absolute Gasteiger partial charge is 0.307 e. The molecular formula is C19H31N. The van der Waals surface area contributed by atoms with Crippen molar-refractivity contribution >= 4 is 0 Å². The number of nitrogens with one attached hydrogen (secondary N) is 1. The average molecular weight is 273 g/mol. The first-order valence-electron chi connectivity index (χ1n) is 8.50. The van der Waals surface area contributed by atoms with Crippen LogP contribution in [0.4, 0.5) is 0 Å². The second-order valence-electron chi connectivity index (χ2n) is 6.90. The monoisotopic (exact) mass is 273 g/mol. The third-order valence-electron chi connectivity index (χ3n) is 4.63. The van der Waals surface area contributed by atoms with E-state index in [4.69, 9.17) is 0 Å². The van der Waals surface area contributed by atoms with E-state index in [1.165, 1.54) is 44.1 Å². The normalized spacial score (nSPS) is 24.8. The fourth-order valence-corrected chi connectivity index (χ4v) is 3.74. The Balaban J connectivity index is 1.90. The molecule has 1 fully saturated rings. The summed E-state index contributed by atoms with van der Waals surface area (Å²) < 4.78 is 0. The summed E-state index contributed by atoms with van der Waals surface area (Å²) in [6, 6.07) is 12.2. The van der Waals surface area contributed by atoms with Crippen molar-refractivity contribution in [1.29, 1.82) is 0 Å². The third kappa shape index (κ3) is 4.63. The highest BCUT2D eigenvalue weighted by atomic mass is 15.0. The standard InChI is InChI=1S/C19H31N/c1-4-19(17-10-6-5-7-11-17)20-18-12-8-9-16(14-18)13-15(2)3/h5-7,10-11,15-16,18-20H,4,8-9,12-14H2,1-3H3. The third-order valence-corrected chi connectivity index (χ3v) is 4.63. The summed E-state index contributed by atoms with van der Waals surface area (Å²) in [4.78, 5) is 0. The zero-order chi connectivity index (χ0) is 14.4. The van der Waals surface area contributed by atoms with E-state index in [0.717, 1.165) is 17.9 Å². The quantitative estimate of drug-likeness (QED) is 0.738. The molecule has 0 spiro atoms. The lowest BCUT2D eigenvalue weighted by atomic mass is 9.80. The van der Waals surface area contributed by atoms with Gasteiger partial charge in [-0.25, -0.2) is 0 Å². The van der Waals surface area contributed by atoms with Crippen LogP contribution in [0.2, 0.25) is 0 Å². The zero-order valence-corrected chi connectivity index (χ0v) is 13.4. The van der Waals surface area contributed by atoms with Gasteiger partial charge >= 0.3 is 0 Å². The SMILES string of the molecule is CCC(NC1CCCC(CC(C)C)C1)c1ccccc1. The molecule has 0 radical (unpaired) electrons. The zero-order valence-electron chi connectivity index (χ0n) is 13.4.